The van der Waals surface area contributed by atoms with Gasteiger partial charge in [0.25, 0.3) is 5.91 Å². The Labute approximate surface area is 239 Å². The van der Waals surface area contributed by atoms with Crippen molar-refractivity contribution in [3.05, 3.63) is 44.3 Å². The number of likely N-dealkylation sites (tertiary alicyclic amines) is 2. The van der Waals surface area contributed by atoms with Gasteiger partial charge in [-0.3, -0.25) is 19.3 Å². The average molecular weight is 619 g/mol. The number of carbonyl (C=O) groups excluding carboxylic acids is 3. The van der Waals surface area contributed by atoms with E-state index in [2.05, 4.69) is 14.9 Å². The molecule has 3 saturated heterocycles. The highest BCUT2D eigenvalue weighted by atomic mass is 35.5. The average Bonchev–Trinajstić information content (AvgIpc) is 3.67. The maximum Gasteiger partial charge on any atom is 0.261 e. The first kappa shape index (κ1) is 28.2. The van der Waals surface area contributed by atoms with Crippen LogP contribution in [-0.4, -0.2) is 87.3 Å². The molecule has 3 fully saturated rings. The first-order valence-electron chi connectivity index (χ1n) is 12.3. The van der Waals surface area contributed by atoms with E-state index in [1.165, 1.54) is 11.0 Å². The molecule has 1 aromatic heterocycles. The zero-order valence-corrected chi connectivity index (χ0v) is 24.0. The summed E-state index contributed by atoms with van der Waals surface area (Å²) in [6.07, 6.45) is 1.54. The molecule has 0 spiro atoms. The van der Waals surface area contributed by atoms with Crippen LogP contribution in [0.3, 0.4) is 0 Å². The van der Waals surface area contributed by atoms with E-state index in [-0.39, 0.29) is 48.2 Å². The molecule has 3 aliphatic rings. The van der Waals surface area contributed by atoms with Crippen molar-refractivity contribution in [1.82, 2.24) is 19.8 Å². The largest absolute Gasteiger partial charge is 0.349 e. The molecule has 2 N–H and O–H groups in total. The topological polar surface area (TPSA) is 119 Å². The van der Waals surface area contributed by atoms with E-state index >= 15 is 0 Å². The number of rotatable bonds is 8. The van der Waals surface area contributed by atoms with Crippen molar-refractivity contribution in [3.8, 4) is 0 Å². The molecule has 2 aromatic rings. The number of amides is 3. The molecule has 0 saturated carbocycles. The van der Waals surface area contributed by atoms with Crippen LogP contribution in [-0.2, 0) is 19.6 Å². The third-order valence-corrected chi connectivity index (χ3v) is 10.5. The van der Waals surface area contributed by atoms with Gasteiger partial charge in [0, 0.05) is 44.7 Å². The van der Waals surface area contributed by atoms with Crippen LogP contribution < -0.4 is 14.9 Å². The minimum Gasteiger partial charge on any atom is -0.349 e. The molecule has 5 rings (SSSR count). The normalized spacial score (nSPS) is 22.1. The molecule has 1 aromatic carbocycles. The third kappa shape index (κ3) is 5.66. The number of nitrogens with zero attached hydrogens (tertiary/aromatic N) is 3. The van der Waals surface area contributed by atoms with Crippen molar-refractivity contribution in [2.24, 2.45) is 0 Å². The van der Waals surface area contributed by atoms with E-state index < -0.39 is 38.6 Å². The lowest BCUT2D eigenvalue weighted by atomic mass is 10.2. The second kappa shape index (κ2) is 10.9. The zero-order chi connectivity index (χ0) is 28.1. The molecule has 3 amide bonds. The van der Waals surface area contributed by atoms with E-state index in [9.17, 15) is 27.2 Å². The number of likely N-dealkylation sites (N-methyl/N-ethyl adjacent to an activating group) is 1. The Hall–Kier alpha value is -2.29. The number of thiophene rings is 1. The fourth-order valence-corrected chi connectivity index (χ4v) is 8.10. The van der Waals surface area contributed by atoms with Gasteiger partial charge >= 0.3 is 0 Å². The maximum absolute atomic E-state index is 14.6. The lowest BCUT2D eigenvalue weighted by Crippen LogP contribution is -2.57. The Balaban J connectivity index is 1.42. The fourth-order valence-electron chi connectivity index (χ4n) is 5.33. The van der Waals surface area contributed by atoms with Gasteiger partial charge in [0.15, 0.2) is 0 Å². The maximum atomic E-state index is 14.6. The van der Waals surface area contributed by atoms with Crippen LogP contribution in [0, 0.1) is 5.82 Å². The summed E-state index contributed by atoms with van der Waals surface area (Å²) in [6.45, 7) is 0.995. The first-order chi connectivity index (χ1) is 18.4. The van der Waals surface area contributed by atoms with Gasteiger partial charge in [-0.1, -0.05) is 23.2 Å². The number of benzene rings is 1. The standard InChI is InChI=1S/C24H26Cl2FN5O5S2/c1-30-11-15-9-14(30)12-32(15)24(35)16(10-28-23(34)18-4-5-20(25)38-18)29-39(36,37)19-8-13(27)7-17(22(19)26)31-6-2-3-21(31)33/h4-5,7-8,14-16,29H,2-3,6,9-12H2,1H3,(H,28,34)/t14-,15-,16-/m0/s1. The summed E-state index contributed by atoms with van der Waals surface area (Å²) in [6, 6.07) is 3.52. The van der Waals surface area contributed by atoms with Crippen LogP contribution in [0.1, 0.15) is 28.9 Å². The Kier molecular flexibility index (Phi) is 7.92. The number of anilines is 1. The fraction of sp³-hybridized carbons (Fsp3) is 0.458. The van der Waals surface area contributed by atoms with E-state index in [0.29, 0.717) is 28.7 Å². The molecule has 0 aliphatic carbocycles. The molecule has 0 unspecified atom stereocenters. The number of nitrogens with one attached hydrogen (secondary N) is 2. The molecule has 4 heterocycles. The van der Waals surface area contributed by atoms with Crippen molar-refractivity contribution >= 4 is 68.0 Å². The predicted molar refractivity (Wildman–Crippen MR) is 145 cm³/mol. The minimum atomic E-state index is -4.58. The summed E-state index contributed by atoms with van der Waals surface area (Å²) in [4.78, 5) is 43.2. The van der Waals surface area contributed by atoms with Crippen LogP contribution in [0.2, 0.25) is 9.36 Å². The number of sulfonamides is 1. The third-order valence-electron chi connectivity index (χ3n) is 7.30. The summed E-state index contributed by atoms with van der Waals surface area (Å²) in [5.41, 5.74) is -0.0508. The van der Waals surface area contributed by atoms with Crippen molar-refractivity contribution in [2.45, 2.75) is 42.3 Å². The summed E-state index contributed by atoms with van der Waals surface area (Å²) >= 11 is 13.4. The van der Waals surface area contributed by atoms with E-state index in [0.717, 1.165) is 29.9 Å². The minimum absolute atomic E-state index is 0.0508. The van der Waals surface area contributed by atoms with E-state index in [1.807, 2.05) is 7.05 Å². The smallest absolute Gasteiger partial charge is 0.261 e. The zero-order valence-electron chi connectivity index (χ0n) is 20.8. The van der Waals surface area contributed by atoms with Gasteiger partial charge < -0.3 is 15.1 Å². The highest BCUT2D eigenvalue weighted by Crippen LogP contribution is 2.36. The SMILES string of the molecule is CN1C[C@@H]2C[C@H]1CN2C(=O)[C@H](CNC(=O)c1ccc(Cl)s1)NS(=O)(=O)c1cc(F)cc(N2CCCC2=O)c1Cl. The summed E-state index contributed by atoms with van der Waals surface area (Å²) in [5.74, 6) is -2.23. The number of hydrogen-bond donors (Lipinski definition) is 2. The van der Waals surface area contributed by atoms with Crippen LogP contribution in [0.4, 0.5) is 10.1 Å². The summed E-state index contributed by atoms with van der Waals surface area (Å²) in [7, 11) is -2.61. The van der Waals surface area contributed by atoms with Gasteiger partial charge in [-0.25, -0.2) is 12.8 Å². The van der Waals surface area contributed by atoms with E-state index in [1.54, 1.807) is 11.0 Å². The Morgan fingerprint density at radius 1 is 1.21 bits per heavy atom. The van der Waals surface area contributed by atoms with Crippen LogP contribution >= 0.6 is 34.5 Å². The Bertz CT molecular complexity index is 1440. The highest BCUT2D eigenvalue weighted by molar-refractivity contribution is 7.89. The lowest BCUT2D eigenvalue weighted by molar-refractivity contribution is -0.135. The van der Waals surface area contributed by atoms with Crippen LogP contribution in [0.15, 0.2) is 29.2 Å². The van der Waals surface area contributed by atoms with Crippen molar-refractivity contribution < 1.29 is 27.2 Å². The number of hydrogen-bond acceptors (Lipinski definition) is 7. The first-order valence-corrected chi connectivity index (χ1v) is 15.4. The van der Waals surface area contributed by atoms with Crippen molar-refractivity contribution in [3.63, 3.8) is 0 Å². The Morgan fingerprint density at radius 2 is 1.97 bits per heavy atom. The Morgan fingerprint density at radius 3 is 2.56 bits per heavy atom. The van der Waals surface area contributed by atoms with Crippen molar-refractivity contribution in [1.29, 1.82) is 0 Å². The number of carbonyl (C=O) groups is 3. The second-order valence-corrected chi connectivity index (χ2v) is 13.6. The van der Waals surface area contributed by atoms with Gasteiger partial charge in [-0.2, -0.15) is 4.72 Å². The van der Waals surface area contributed by atoms with Gasteiger partial charge in [-0.05, 0) is 44.2 Å². The predicted octanol–water partition coefficient (Wildman–Crippen LogP) is 2.31. The summed E-state index contributed by atoms with van der Waals surface area (Å²) in [5, 5.41) is 2.27. The molecule has 3 aliphatic heterocycles. The molecule has 39 heavy (non-hydrogen) atoms. The molecular formula is C24H26Cl2FN5O5S2. The number of halogens is 3. The van der Waals surface area contributed by atoms with Gasteiger partial charge in [0.2, 0.25) is 21.8 Å². The lowest BCUT2D eigenvalue weighted by Gasteiger charge is -2.34. The molecule has 15 heteroatoms. The molecular weight excluding hydrogens is 592 g/mol. The molecule has 210 valence electrons. The number of fused-ring (bicyclic) bond motifs is 2. The van der Waals surface area contributed by atoms with Gasteiger partial charge in [-0.15, -0.1) is 11.3 Å². The van der Waals surface area contributed by atoms with Crippen LogP contribution in [0.5, 0.6) is 0 Å². The molecule has 2 bridgehead atoms. The molecule has 3 atom stereocenters. The monoisotopic (exact) mass is 617 g/mol. The molecule has 10 nitrogen and oxygen atoms in total. The highest BCUT2D eigenvalue weighted by Gasteiger charge is 2.46. The van der Waals surface area contributed by atoms with Crippen molar-refractivity contribution in [2.75, 3.05) is 38.1 Å². The molecule has 0 radical (unpaired) electrons. The van der Waals surface area contributed by atoms with Gasteiger partial charge in [0.1, 0.15) is 16.8 Å². The number of piperazine rings is 1. The van der Waals surface area contributed by atoms with Crippen LogP contribution in [0.25, 0.3) is 0 Å². The quantitative estimate of drug-likeness (QED) is 0.469. The summed E-state index contributed by atoms with van der Waals surface area (Å²) < 4.78 is 44.4. The second-order valence-electron chi connectivity index (χ2n) is 9.85. The van der Waals surface area contributed by atoms with Gasteiger partial charge in [0.05, 0.1) is 19.9 Å². The van der Waals surface area contributed by atoms with E-state index in [4.69, 9.17) is 23.2 Å².